The molecule has 2 aromatic carbocycles. The Morgan fingerprint density at radius 2 is 1.86 bits per heavy atom. The van der Waals surface area contributed by atoms with Crippen LogP contribution in [-0.2, 0) is 27.7 Å². The number of hydrogen-bond acceptors (Lipinski definition) is 7. The number of rotatable bonds is 7. The molecule has 0 atom stereocenters. The van der Waals surface area contributed by atoms with Gasteiger partial charge in [0.15, 0.2) is 5.16 Å². The van der Waals surface area contributed by atoms with Gasteiger partial charge in [-0.05, 0) is 61.6 Å². The number of fused-ring (bicyclic) bond motifs is 3. The van der Waals surface area contributed by atoms with Crippen LogP contribution in [0.4, 0.5) is 5.69 Å². The second kappa shape index (κ2) is 10.4. The van der Waals surface area contributed by atoms with E-state index in [1.54, 1.807) is 28.0 Å². The van der Waals surface area contributed by atoms with E-state index >= 15 is 0 Å². The third-order valence-electron chi connectivity index (χ3n) is 6.20. The van der Waals surface area contributed by atoms with Crippen LogP contribution in [0.15, 0.2) is 69.4 Å². The number of carbonyl (C=O) groups is 1. The molecule has 11 heteroatoms. The zero-order chi connectivity index (χ0) is 26.2. The van der Waals surface area contributed by atoms with Gasteiger partial charge in [-0.3, -0.25) is 14.2 Å². The second-order valence-corrected chi connectivity index (χ2v) is 13.1. The van der Waals surface area contributed by atoms with Gasteiger partial charge in [0.1, 0.15) is 4.83 Å². The summed E-state index contributed by atoms with van der Waals surface area (Å²) < 4.78 is 27.6. The Labute approximate surface area is 223 Å². The fourth-order valence-corrected chi connectivity index (χ4v) is 7.42. The van der Waals surface area contributed by atoms with E-state index in [0.29, 0.717) is 26.7 Å². The van der Waals surface area contributed by atoms with E-state index in [0.717, 1.165) is 35.6 Å². The van der Waals surface area contributed by atoms with E-state index in [2.05, 4.69) is 5.32 Å². The zero-order valence-corrected chi connectivity index (χ0v) is 22.9. The second-order valence-electron chi connectivity index (χ2n) is 8.91. The summed E-state index contributed by atoms with van der Waals surface area (Å²) in [6.45, 7) is 0. The summed E-state index contributed by atoms with van der Waals surface area (Å²) in [5.74, 6) is -0.329. The molecule has 0 spiro atoms. The predicted octanol–water partition coefficient (Wildman–Crippen LogP) is 4.31. The minimum atomic E-state index is -3.62. The third-order valence-corrected chi connectivity index (χ3v) is 10.1. The molecule has 0 fully saturated rings. The number of para-hydroxylation sites is 1. The van der Waals surface area contributed by atoms with Gasteiger partial charge in [0.25, 0.3) is 5.56 Å². The normalized spacial score (nSPS) is 13.6. The van der Waals surface area contributed by atoms with Gasteiger partial charge in [0, 0.05) is 24.7 Å². The minimum absolute atomic E-state index is 0.000524. The minimum Gasteiger partial charge on any atom is -0.325 e. The molecule has 0 saturated heterocycles. The number of aryl methyl sites for hydroxylation is 2. The lowest BCUT2D eigenvalue weighted by Gasteiger charge is -2.14. The van der Waals surface area contributed by atoms with Gasteiger partial charge < -0.3 is 5.32 Å². The molecular weight excluding hydrogens is 529 g/mol. The van der Waals surface area contributed by atoms with Crippen LogP contribution in [0, 0.1) is 0 Å². The maximum atomic E-state index is 13.8. The third kappa shape index (κ3) is 5.08. The number of hydrogen-bond donors (Lipinski definition) is 1. The lowest BCUT2D eigenvalue weighted by atomic mass is 9.97. The molecule has 1 aliphatic rings. The van der Waals surface area contributed by atoms with Crippen molar-refractivity contribution in [3.05, 3.63) is 75.4 Å². The maximum absolute atomic E-state index is 13.8. The van der Waals surface area contributed by atoms with E-state index in [-0.39, 0.29) is 22.1 Å². The maximum Gasteiger partial charge on any atom is 0.267 e. The Bertz CT molecular complexity index is 1640. The summed E-state index contributed by atoms with van der Waals surface area (Å²) in [6.07, 6.45) is 4.04. The van der Waals surface area contributed by atoms with Crippen molar-refractivity contribution in [1.29, 1.82) is 0 Å². The first-order valence-electron chi connectivity index (χ1n) is 11.8. The zero-order valence-electron chi connectivity index (χ0n) is 20.4. The Morgan fingerprint density at radius 3 is 2.62 bits per heavy atom. The van der Waals surface area contributed by atoms with Crippen LogP contribution in [0.3, 0.4) is 0 Å². The fourth-order valence-electron chi connectivity index (χ4n) is 4.36. The molecule has 0 bridgehead atoms. The molecule has 2 aromatic heterocycles. The van der Waals surface area contributed by atoms with Crippen LogP contribution in [0.2, 0.25) is 0 Å². The van der Waals surface area contributed by atoms with Crippen molar-refractivity contribution in [1.82, 2.24) is 13.9 Å². The highest BCUT2D eigenvalue weighted by atomic mass is 32.2. The highest BCUT2D eigenvalue weighted by molar-refractivity contribution is 7.99. The molecule has 1 N–H and O–H groups in total. The summed E-state index contributed by atoms with van der Waals surface area (Å²) in [6, 6.07) is 15.5. The lowest BCUT2D eigenvalue weighted by molar-refractivity contribution is -0.113. The van der Waals surface area contributed by atoms with Gasteiger partial charge in [-0.15, -0.1) is 11.3 Å². The standard InChI is InChI=1S/C26H26N4O4S3/c1-29(2)37(33,34)19-12-8-9-17(15-19)27-22(31)16-35-26-28-24-23(20-13-6-7-14-21(20)36-24)25(32)30(26)18-10-4-3-5-11-18/h3-5,8-12,15H,6-7,13-14,16H2,1-2H3,(H,27,31). The number of thiophene rings is 1. The van der Waals surface area contributed by atoms with Crippen molar-refractivity contribution < 1.29 is 13.2 Å². The molecule has 4 aromatic rings. The molecule has 8 nitrogen and oxygen atoms in total. The quantitative estimate of drug-likeness (QED) is 0.270. The average Bonchev–Trinajstić information content (AvgIpc) is 3.27. The fraction of sp³-hybridized carbons (Fsp3) is 0.269. The molecule has 0 saturated carbocycles. The first-order valence-corrected chi connectivity index (χ1v) is 15.1. The van der Waals surface area contributed by atoms with E-state index in [1.807, 2.05) is 30.3 Å². The summed E-state index contributed by atoms with van der Waals surface area (Å²) in [4.78, 5) is 33.5. The topological polar surface area (TPSA) is 101 Å². The molecule has 0 radical (unpaired) electrons. The van der Waals surface area contributed by atoms with Gasteiger partial charge in [-0.1, -0.05) is 36.0 Å². The molecule has 2 heterocycles. The van der Waals surface area contributed by atoms with Crippen molar-refractivity contribution in [3.8, 4) is 5.69 Å². The SMILES string of the molecule is CN(C)S(=O)(=O)c1cccc(NC(=O)CSc2nc3sc4c(c3c(=O)n2-c2ccccc2)CCCC4)c1. The number of sulfonamides is 1. The Morgan fingerprint density at radius 1 is 1.11 bits per heavy atom. The highest BCUT2D eigenvalue weighted by Crippen LogP contribution is 2.35. The molecule has 1 amide bonds. The van der Waals surface area contributed by atoms with Gasteiger partial charge in [0.05, 0.1) is 21.7 Å². The largest absolute Gasteiger partial charge is 0.325 e. The Kier molecular flexibility index (Phi) is 7.21. The van der Waals surface area contributed by atoms with Crippen LogP contribution in [0.1, 0.15) is 23.3 Å². The van der Waals surface area contributed by atoms with Gasteiger partial charge in [-0.2, -0.15) is 0 Å². The van der Waals surface area contributed by atoms with Gasteiger partial charge in [0.2, 0.25) is 15.9 Å². The number of carbonyl (C=O) groups excluding carboxylic acids is 1. The number of nitrogens with one attached hydrogen (secondary N) is 1. The molecule has 0 aliphatic heterocycles. The molecular formula is C26H26N4O4S3. The predicted molar refractivity (Wildman–Crippen MR) is 149 cm³/mol. The number of thioether (sulfide) groups is 1. The van der Waals surface area contributed by atoms with Crippen molar-refractivity contribution in [3.63, 3.8) is 0 Å². The smallest absolute Gasteiger partial charge is 0.267 e. The summed E-state index contributed by atoms with van der Waals surface area (Å²) >= 11 is 2.75. The van der Waals surface area contributed by atoms with Crippen LogP contribution in [-0.4, -0.2) is 48.0 Å². The Hall–Kier alpha value is -2.99. The summed E-state index contributed by atoms with van der Waals surface area (Å²) in [7, 11) is -0.713. The first kappa shape index (κ1) is 25.7. The molecule has 37 heavy (non-hydrogen) atoms. The molecule has 192 valence electrons. The number of aromatic nitrogens is 2. The summed E-state index contributed by atoms with van der Waals surface area (Å²) in [5.41, 5.74) is 2.08. The molecule has 1 aliphatic carbocycles. The lowest BCUT2D eigenvalue weighted by Crippen LogP contribution is -2.23. The number of amides is 1. The van der Waals surface area contributed by atoms with Crippen molar-refractivity contribution in [2.75, 3.05) is 25.2 Å². The Balaban J connectivity index is 1.44. The van der Waals surface area contributed by atoms with Crippen molar-refractivity contribution in [2.45, 2.75) is 35.7 Å². The molecule has 5 rings (SSSR count). The van der Waals surface area contributed by atoms with Gasteiger partial charge in [-0.25, -0.2) is 17.7 Å². The van der Waals surface area contributed by atoms with Crippen molar-refractivity contribution >= 4 is 54.9 Å². The monoisotopic (exact) mass is 554 g/mol. The van der Waals surface area contributed by atoms with Crippen LogP contribution < -0.4 is 10.9 Å². The number of nitrogens with zero attached hydrogens (tertiary/aromatic N) is 3. The average molecular weight is 555 g/mol. The first-order chi connectivity index (χ1) is 17.8. The van der Waals surface area contributed by atoms with E-state index in [9.17, 15) is 18.0 Å². The van der Waals surface area contributed by atoms with Crippen LogP contribution in [0.5, 0.6) is 0 Å². The van der Waals surface area contributed by atoms with Crippen molar-refractivity contribution in [2.24, 2.45) is 0 Å². The van der Waals surface area contributed by atoms with Crippen LogP contribution in [0.25, 0.3) is 15.9 Å². The number of benzene rings is 2. The number of anilines is 1. The van der Waals surface area contributed by atoms with E-state index in [4.69, 9.17) is 4.98 Å². The summed E-state index contributed by atoms with van der Waals surface area (Å²) in [5, 5.41) is 3.90. The van der Waals surface area contributed by atoms with E-state index in [1.165, 1.54) is 42.9 Å². The van der Waals surface area contributed by atoms with Gasteiger partial charge >= 0.3 is 0 Å². The van der Waals surface area contributed by atoms with Crippen LogP contribution >= 0.6 is 23.1 Å². The highest BCUT2D eigenvalue weighted by Gasteiger charge is 2.23. The molecule has 0 unspecified atom stereocenters. The van der Waals surface area contributed by atoms with E-state index < -0.39 is 10.0 Å².